The number of rotatable bonds is 5. The molecule has 0 bridgehead atoms. The highest BCUT2D eigenvalue weighted by Crippen LogP contribution is 2.07. The Morgan fingerprint density at radius 2 is 2.00 bits per heavy atom. The van der Waals surface area contributed by atoms with Gasteiger partial charge in [-0.3, -0.25) is 0 Å². The molecular weight excluding hydrogens is 217 g/mol. The smallest absolute Gasteiger partial charge is 0.126 e. The second-order valence-electron chi connectivity index (χ2n) is 4.03. The zero-order valence-electron chi connectivity index (χ0n) is 9.87. The van der Waals surface area contributed by atoms with Crippen LogP contribution >= 0.6 is 0 Å². The zero-order chi connectivity index (χ0) is 12.1. The Hall–Kier alpha value is -1.61. The number of benzene rings is 1. The van der Waals surface area contributed by atoms with Gasteiger partial charge in [-0.15, -0.1) is 0 Å². The van der Waals surface area contributed by atoms with E-state index in [1.165, 1.54) is 6.07 Å². The van der Waals surface area contributed by atoms with Gasteiger partial charge in [-0.1, -0.05) is 18.2 Å². The molecule has 0 unspecified atom stereocenters. The summed E-state index contributed by atoms with van der Waals surface area (Å²) in [5.74, 6) is 1.69. The molecule has 2 nitrogen and oxygen atoms in total. The number of hydrogen-bond acceptors (Lipinski definition) is 2. The number of nitrogens with one attached hydrogen (secondary N) is 1. The fraction of sp³-hybridized carbons (Fsp3) is 0.286. The van der Waals surface area contributed by atoms with Gasteiger partial charge in [0.25, 0.3) is 0 Å². The van der Waals surface area contributed by atoms with Crippen LogP contribution in [0.1, 0.15) is 17.1 Å². The number of hydrogen-bond donors (Lipinski definition) is 1. The molecule has 1 aromatic heterocycles. The van der Waals surface area contributed by atoms with E-state index in [1.807, 2.05) is 31.2 Å². The number of halogens is 1. The van der Waals surface area contributed by atoms with Crippen LogP contribution in [0.3, 0.4) is 0 Å². The maximum Gasteiger partial charge on any atom is 0.126 e. The molecule has 1 aromatic carbocycles. The summed E-state index contributed by atoms with van der Waals surface area (Å²) in [5, 5.41) is 3.23. The van der Waals surface area contributed by atoms with E-state index in [4.69, 9.17) is 4.42 Å². The molecule has 3 heteroatoms. The molecule has 0 aliphatic carbocycles. The molecule has 0 atom stereocenters. The van der Waals surface area contributed by atoms with Crippen LogP contribution in [0.15, 0.2) is 40.8 Å². The molecule has 2 rings (SSSR count). The van der Waals surface area contributed by atoms with Crippen LogP contribution in [0, 0.1) is 12.7 Å². The monoisotopic (exact) mass is 233 g/mol. The third kappa shape index (κ3) is 3.43. The lowest BCUT2D eigenvalue weighted by Gasteiger charge is -2.04. The van der Waals surface area contributed by atoms with Gasteiger partial charge in [0.2, 0.25) is 0 Å². The van der Waals surface area contributed by atoms with Crippen molar-refractivity contribution in [2.24, 2.45) is 0 Å². The second kappa shape index (κ2) is 5.64. The Balaban J connectivity index is 1.75. The molecule has 0 saturated carbocycles. The summed E-state index contributed by atoms with van der Waals surface area (Å²) in [5.41, 5.74) is 0.746. The van der Waals surface area contributed by atoms with E-state index in [9.17, 15) is 4.39 Å². The highest BCUT2D eigenvalue weighted by Gasteiger charge is 2.01. The van der Waals surface area contributed by atoms with Crippen LogP contribution in [0.4, 0.5) is 4.39 Å². The summed E-state index contributed by atoms with van der Waals surface area (Å²) in [7, 11) is 0. The lowest BCUT2D eigenvalue weighted by Crippen LogP contribution is -2.16. The molecule has 0 saturated heterocycles. The first-order chi connectivity index (χ1) is 8.25. The van der Waals surface area contributed by atoms with Crippen molar-refractivity contribution in [3.63, 3.8) is 0 Å². The summed E-state index contributed by atoms with van der Waals surface area (Å²) in [6.45, 7) is 3.34. The van der Waals surface area contributed by atoms with Crippen molar-refractivity contribution < 1.29 is 8.81 Å². The van der Waals surface area contributed by atoms with E-state index in [0.29, 0.717) is 13.0 Å². The van der Waals surface area contributed by atoms with Gasteiger partial charge in [0.15, 0.2) is 0 Å². The van der Waals surface area contributed by atoms with Crippen LogP contribution in [0.2, 0.25) is 0 Å². The molecule has 0 amide bonds. The van der Waals surface area contributed by atoms with Gasteiger partial charge in [-0.2, -0.15) is 0 Å². The lowest BCUT2D eigenvalue weighted by atomic mass is 10.1. The van der Waals surface area contributed by atoms with E-state index < -0.39 is 0 Å². The molecule has 0 radical (unpaired) electrons. The quantitative estimate of drug-likeness (QED) is 0.803. The van der Waals surface area contributed by atoms with Crippen LogP contribution in [-0.2, 0) is 13.0 Å². The third-order valence-electron chi connectivity index (χ3n) is 2.62. The van der Waals surface area contributed by atoms with Crippen LogP contribution in [-0.4, -0.2) is 6.54 Å². The minimum absolute atomic E-state index is 0.136. The topological polar surface area (TPSA) is 25.2 Å². The average molecular weight is 233 g/mol. The Morgan fingerprint density at radius 1 is 1.18 bits per heavy atom. The Morgan fingerprint density at radius 3 is 2.71 bits per heavy atom. The van der Waals surface area contributed by atoms with E-state index in [-0.39, 0.29) is 5.82 Å². The highest BCUT2D eigenvalue weighted by atomic mass is 19.1. The molecule has 2 aromatic rings. The molecule has 90 valence electrons. The first-order valence-corrected chi connectivity index (χ1v) is 5.75. The van der Waals surface area contributed by atoms with E-state index in [0.717, 1.165) is 23.6 Å². The van der Waals surface area contributed by atoms with Gasteiger partial charge in [0.1, 0.15) is 17.3 Å². The van der Waals surface area contributed by atoms with E-state index >= 15 is 0 Å². The van der Waals surface area contributed by atoms with Crippen molar-refractivity contribution >= 4 is 0 Å². The van der Waals surface area contributed by atoms with Crippen molar-refractivity contribution in [1.82, 2.24) is 5.32 Å². The predicted octanol–water partition coefficient (Wildman–Crippen LogP) is 3.06. The van der Waals surface area contributed by atoms with E-state index in [2.05, 4.69) is 5.32 Å². The largest absolute Gasteiger partial charge is 0.465 e. The van der Waals surface area contributed by atoms with E-state index in [1.54, 1.807) is 6.07 Å². The zero-order valence-corrected chi connectivity index (χ0v) is 9.87. The molecule has 0 spiro atoms. The first-order valence-electron chi connectivity index (χ1n) is 5.75. The van der Waals surface area contributed by atoms with Crippen molar-refractivity contribution in [2.45, 2.75) is 19.9 Å². The minimum atomic E-state index is -0.136. The maximum absolute atomic E-state index is 13.3. The molecule has 0 aliphatic rings. The van der Waals surface area contributed by atoms with Gasteiger partial charge in [-0.05, 0) is 43.7 Å². The molecule has 17 heavy (non-hydrogen) atoms. The van der Waals surface area contributed by atoms with Crippen molar-refractivity contribution in [2.75, 3.05) is 6.54 Å². The summed E-state index contributed by atoms with van der Waals surface area (Å²) in [4.78, 5) is 0. The summed E-state index contributed by atoms with van der Waals surface area (Å²) < 4.78 is 18.7. The standard InChI is InChI=1S/C14H16FNO/c1-11-6-7-13(17-11)10-16-9-8-12-4-2-3-5-14(12)15/h2-7,16H,8-10H2,1H3. The van der Waals surface area contributed by atoms with Crippen LogP contribution in [0.25, 0.3) is 0 Å². The first kappa shape index (κ1) is 11.9. The van der Waals surface area contributed by atoms with Gasteiger partial charge >= 0.3 is 0 Å². The summed E-state index contributed by atoms with van der Waals surface area (Å²) >= 11 is 0. The lowest BCUT2D eigenvalue weighted by molar-refractivity contribution is 0.462. The fourth-order valence-corrected chi connectivity index (χ4v) is 1.72. The Kier molecular flexibility index (Phi) is 3.94. The highest BCUT2D eigenvalue weighted by molar-refractivity contribution is 5.17. The normalized spacial score (nSPS) is 10.7. The van der Waals surface area contributed by atoms with Crippen LogP contribution < -0.4 is 5.32 Å². The maximum atomic E-state index is 13.3. The average Bonchev–Trinajstić information content (AvgIpc) is 2.73. The van der Waals surface area contributed by atoms with Gasteiger partial charge in [0, 0.05) is 0 Å². The fourth-order valence-electron chi connectivity index (χ4n) is 1.72. The van der Waals surface area contributed by atoms with Crippen LogP contribution in [0.5, 0.6) is 0 Å². The van der Waals surface area contributed by atoms with Crippen molar-refractivity contribution in [3.05, 3.63) is 59.3 Å². The predicted molar refractivity (Wildman–Crippen MR) is 65.3 cm³/mol. The molecule has 1 N–H and O–H groups in total. The number of aryl methyl sites for hydroxylation is 1. The molecule has 1 heterocycles. The van der Waals surface area contributed by atoms with Gasteiger partial charge in [0.05, 0.1) is 6.54 Å². The Labute approximate surface area is 100 Å². The molecular formula is C14H16FNO. The van der Waals surface area contributed by atoms with Crippen molar-refractivity contribution in [1.29, 1.82) is 0 Å². The summed E-state index contributed by atoms with van der Waals surface area (Å²) in [6.07, 6.45) is 0.687. The van der Waals surface area contributed by atoms with Crippen molar-refractivity contribution in [3.8, 4) is 0 Å². The summed E-state index contributed by atoms with van der Waals surface area (Å²) in [6, 6.07) is 10.8. The second-order valence-corrected chi connectivity index (χ2v) is 4.03. The minimum Gasteiger partial charge on any atom is -0.465 e. The third-order valence-corrected chi connectivity index (χ3v) is 2.62. The molecule has 0 fully saturated rings. The number of furan rings is 1. The van der Waals surface area contributed by atoms with Gasteiger partial charge < -0.3 is 9.73 Å². The Bertz CT molecular complexity index is 479. The molecule has 0 aliphatic heterocycles. The SMILES string of the molecule is Cc1ccc(CNCCc2ccccc2F)o1. The van der Waals surface area contributed by atoms with Gasteiger partial charge in [-0.25, -0.2) is 4.39 Å².